The molecule has 6 nitrogen and oxygen atoms in total. The quantitative estimate of drug-likeness (QED) is 0.230. The zero-order valence-electron chi connectivity index (χ0n) is 18.0. The van der Waals surface area contributed by atoms with Crippen molar-refractivity contribution in [2.75, 3.05) is 47.1 Å². The molecule has 3 rings (SSSR count). The third-order valence-electron chi connectivity index (χ3n) is 5.43. The second-order valence-electron chi connectivity index (χ2n) is 7.28. The minimum absolute atomic E-state index is 0. The Morgan fingerprint density at radius 1 is 1.10 bits per heavy atom. The Hall–Kier alpha value is -2.07. The minimum Gasteiger partial charge on any atom is -0.497 e. The van der Waals surface area contributed by atoms with Crippen LogP contribution in [0.3, 0.4) is 0 Å². The van der Waals surface area contributed by atoms with E-state index in [1.807, 2.05) is 30.3 Å². The summed E-state index contributed by atoms with van der Waals surface area (Å²) < 4.78 is 30.3. The third kappa shape index (κ3) is 7.24. The van der Waals surface area contributed by atoms with Crippen LogP contribution in [-0.4, -0.2) is 53.0 Å². The van der Waals surface area contributed by atoms with Gasteiger partial charge >= 0.3 is 0 Å². The number of guanidine groups is 1. The van der Waals surface area contributed by atoms with E-state index in [0.717, 1.165) is 29.9 Å². The SMILES string of the molecule is CN=C(NCCOc1ccc(OC)cc1)NCC1(c2cccc(F)c2)CCOCC1.I. The lowest BCUT2D eigenvalue weighted by Gasteiger charge is -2.38. The van der Waals surface area contributed by atoms with E-state index in [9.17, 15) is 4.39 Å². The van der Waals surface area contributed by atoms with Crippen LogP contribution in [0.2, 0.25) is 0 Å². The van der Waals surface area contributed by atoms with Crippen LogP contribution in [-0.2, 0) is 10.2 Å². The van der Waals surface area contributed by atoms with Crippen LogP contribution >= 0.6 is 24.0 Å². The maximum Gasteiger partial charge on any atom is 0.191 e. The highest BCUT2D eigenvalue weighted by molar-refractivity contribution is 14.0. The van der Waals surface area contributed by atoms with E-state index in [-0.39, 0.29) is 35.2 Å². The van der Waals surface area contributed by atoms with E-state index in [1.165, 1.54) is 6.07 Å². The van der Waals surface area contributed by atoms with E-state index in [4.69, 9.17) is 14.2 Å². The van der Waals surface area contributed by atoms with Crippen LogP contribution in [0.1, 0.15) is 18.4 Å². The van der Waals surface area contributed by atoms with Gasteiger partial charge in [0.2, 0.25) is 0 Å². The first-order valence-electron chi connectivity index (χ1n) is 10.2. The molecule has 1 aliphatic heterocycles. The van der Waals surface area contributed by atoms with Crippen molar-refractivity contribution >= 4 is 29.9 Å². The van der Waals surface area contributed by atoms with Crippen LogP contribution in [0.5, 0.6) is 11.5 Å². The first-order valence-corrected chi connectivity index (χ1v) is 10.2. The first-order chi connectivity index (χ1) is 14.6. The van der Waals surface area contributed by atoms with Crippen LogP contribution in [0.4, 0.5) is 4.39 Å². The fourth-order valence-electron chi connectivity index (χ4n) is 3.63. The number of benzene rings is 2. The molecule has 0 aromatic heterocycles. The second kappa shape index (κ2) is 12.7. The second-order valence-corrected chi connectivity index (χ2v) is 7.28. The smallest absolute Gasteiger partial charge is 0.191 e. The van der Waals surface area contributed by atoms with Crippen LogP contribution in [0.15, 0.2) is 53.5 Å². The van der Waals surface area contributed by atoms with Gasteiger partial charge in [-0.2, -0.15) is 0 Å². The zero-order chi connectivity index (χ0) is 21.2. The average Bonchev–Trinajstić information content (AvgIpc) is 2.79. The molecule has 0 aliphatic carbocycles. The normalized spacial score (nSPS) is 15.5. The molecular weight excluding hydrogens is 512 g/mol. The van der Waals surface area contributed by atoms with Crippen molar-refractivity contribution in [2.45, 2.75) is 18.3 Å². The Balaban J connectivity index is 0.00000341. The number of hydrogen-bond donors (Lipinski definition) is 2. The molecule has 1 saturated heterocycles. The molecule has 8 heteroatoms. The van der Waals surface area contributed by atoms with Gasteiger partial charge in [0.05, 0.1) is 13.7 Å². The molecule has 2 aromatic rings. The molecule has 0 saturated carbocycles. The number of rotatable bonds is 8. The van der Waals surface area contributed by atoms with Gasteiger partial charge in [0, 0.05) is 32.2 Å². The maximum atomic E-state index is 13.8. The molecule has 1 heterocycles. The van der Waals surface area contributed by atoms with Gasteiger partial charge < -0.3 is 24.8 Å². The van der Waals surface area contributed by atoms with Gasteiger partial charge in [-0.05, 0) is 54.8 Å². The molecule has 0 unspecified atom stereocenters. The summed E-state index contributed by atoms with van der Waals surface area (Å²) >= 11 is 0. The van der Waals surface area contributed by atoms with Crippen LogP contribution in [0.25, 0.3) is 0 Å². The molecule has 0 amide bonds. The van der Waals surface area contributed by atoms with Crippen molar-refractivity contribution in [1.29, 1.82) is 0 Å². The largest absolute Gasteiger partial charge is 0.497 e. The summed E-state index contributed by atoms with van der Waals surface area (Å²) in [5.41, 5.74) is 0.814. The topological polar surface area (TPSA) is 64.1 Å². The Kier molecular flexibility index (Phi) is 10.3. The predicted octanol–water partition coefficient (Wildman–Crippen LogP) is 3.74. The van der Waals surface area contributed by atoms with E-state index < -0.39 is 0 Å². The lowest BCUT2D eigenvalue weighted by atomic mass is 9.74. The summed E-state index contributed by atoms with van der Waals surface area (Å²) in [6, 6.07) is 14.4. The van der Waals surface area contributed by atoms with Crippen molar-refractivity contribution < 1.29 is 18.6 Å². The number of nitrogens with zero attached hydrogens (tertiary/aromatic N) is 1. The molecule has 0 bridgehead atoms. The predicted molar refractivity (Wildman–Crippen MR) is 131 cm³/mol. The maximum absolute atomic E-state index is 13.8. The number of halogens is 2. The van der Waals surface area contributed by atoms with E-state index >= 15 is 0 Å². The average molecular weight is 543 g/mol. The molecule has 1 aliphatic rings. The summed E-state index contributed by atoms with van der Waals surface area (Å²) in [5, 5.41) is 6.67. The van der Waals surface area contributed by atoms with Gasteiger partial charge in [-0.15, -0.1) is 24.0 Å². The molecule has 0 spiro atoms. The number of aliphatic imine (C=N–C) groups is 1. The zero-order valence-corrected chi connectivity index (χ0v) is 20.4. The molecule has 170 valence electrons. The number of methoxy groups -OCH3 is 1. The minimum atomic E-state index is -0.212. The Bertz CT molecular complexity index is 827. The van der Waals surface area contributed by atoms with Crippen molar-refractivity contribution in [2.24, 2.45) is 4.99 Å². The number of hydrogen-bond acceptors (Lipinski definition) is 4. The fraction of sp³-hybridized carbons (Fsp3) is 0.435. The highest BCUT2D eigenvalue weighted by Gasteiger charge is 2.34. The van der Waals surface area contributed by atoms with Gasteiger partial charge in [0.1, 0.15) is 23.9 Å². The van der Waals surface area contributed by atoms with Crippen molar-refractivity contribution in [3.63, 3.8) is 0 Å². The molecule has 2 aromatic carbocycles. The first kappa shape index (κ1) is 25.2. The summed E-state index contributed by atoms with van der Waals surface area (Å²) in [5.74, 6) is 2.06. The molecular formula is C23H31FIN3O3. The van der Waals surface area contributed by atoms with Gasteiger partial charge in [0.25, 0.3) is 0 Å². The molecule has 0 radical (unpaired) electrons. The molecule has 2 N–H and O–H groups in total. The summed E-state index contributed by atoms with van der Waals surface area (Å²) in [4.78, 5) is 4.30. The fourth-order valence-corrected chi connectivity index (χ4v) is 3.63. The number of ether oxygens (including phenoxy) is 3. The van der Waals surface area contributed by atoms with Gasteiger partial charge in [-0.25, -0.2) is 4.39 Å². The van der Waals surface area contributed by atoms with Gasteiger partial charge in [-0.1, -0.05) is 12.1 Å². The van der Waals surface area contributed by atoms with Crippen molar-refractivity contribution in [3.05, 3.63) is 59.9 Å². The van der Waals surface area contributed by atoms with E-state index in [0.29, 0.717) is 38.9 Å². The lowest BCUT2D eigenvalue weighted by molar-refractivity contribution is 0.0513. The monoisotopic (exact) mass is 543 g/mol. The van der Waals surface area contributed by atoms with Crippen LogP contribution < -0.4 is 20.1 Å². The van der Waals surface area contributed by atoms with Crippen LogP contribution in [0, 0.1) is 5.82 Å². The summed E-state index contributed by atoms with van der Waals surface area (Å²) in [6.45, 7) is 3.08. The van der Waals surface area contributed by atoms with Gasteiger partial charge in [0.15, 0.2) is 5.96 Å². The van der Waals surface area contributed by atoms with Crippen molar-refractivity contribution in [3.8, 4) is 11.5 Å². The van der Waals surface area contributed by atoms with Crippen molar-refractivity contribution in [1.82, 2.24) is 10.6 Å². The highest BCUT2D eigenvalue weighted by Crippen LogP contribution is 2.34. The Morgan fingerprint density at radius 2 is 1.81 bits per heavy atom. The highest BCUT2D eigenvalue weighted by atomic mass is 127. The van der Waals surface area contributed by atoms with Gasteiger partial charge in [-0.3, -0.25) is 4.99 Å². The molecule has 0 atom stereocenters. The standard InChI is InChI=1S/C23H30FN3O3.HI/c1-25-22(26-12-15-30-21-8-6-20(28-2)7-9-21)27-17-23(10-13-29-14-11-23)18-4-3-5-19(24)16-18;/h3-9,16H,10-15,17H2,1-2H3,(H2,25,26,27);1H. The van der Waals surface area contributed by atoms with E-state index in [1.54, 1.807) is 26.3 Å². The summed E-state index contributed by atoms with van der Waals surface area (Å²) in [6.07, 6.45) is 1.67. The lowest BCUT2D eigenvalue weighted by Crippen LogP contribution is -2.48. The summed E-state index contributed by atoms with van der Waals surface area (Å²) in [7, 11) is 3.37. The third-order valence-corrected chi connectivity index (χ3v) is 5.43. The molecule has 31 heavy (non-hydrogen) atoms. The Labute approximate surface area is 200 Å². The molecule has 1 fully saturated rings. The Morgan fingerprint density at radius 3 is 2.45 bits per heavy atom. The van der Waals surface area contributed by atoms with E-state index in [2.05, 4.69) is 15.6 Å². The number of nitrogens with one attached hydrogen (secondary N) is 2.